The van der Waals surface area contributed by atoms with Crippen LogP contribution in [0.1, 0.15) is 37.3 Å². The number of nitriles is 1. The average Bonchev–Trinajstić information content (AvgIpc) is 3.38. The molecule has 2 aromatic carbocycles. The lowest BCUT2D eigenvalue weighted by Crippen LogP contribution is -2.25. The van der Waals surface area contributed by atoms with Crippen LogP contribution in [-0.2, 0) is 16.4 Å². The van der Waals surface area contributed by atoms with Crippen LogP contribution < -0.4 is 4.72 Å². The first kappa shape index (κ1) is 16.7. The molecule has 124 valence electrons. The maximum Gasteiger partial charge on any atom is 0.240 e. The molecule has 1 saturated carbocycles. The van der Waals surface area contributed by atoms with E-state index in [1.54, 1.807) is 12.1 Å². The summed E-state index contributed by atoms with van der Waals surface area (Å²) < 4.78 is 27.2. The minimum absolute atomic E-state index is 0.0475. The van der Waals surface area contributed by atoms with E-state index in [0.29, 0.717) is 5.56 Å². The Balaban J connectivity index is 1.93. The van der Waals surface area contributed by atoms with Crippen LogP contribution in [0.15, 0.2) is 47.4 Å². The van der Waals surface area contributed by atoms with Gasteiger partial charge in [-0.25, -0.2) is 13.1 Å². The third-order valence-electron chi connectivity index (χ3n) is 4.12. The van der Waals surface area contributed by atoms with E-state index in [0.717, 1.165) is 36.8 Å². The molecule has 0 heterocycles. The summed E-state index contributed by atoms with van der Waals surface area (Å²) in [7, 11) is -3.54. The molecule has 1 aliphatic rings. The Morgan fingerprint density at radius 3 is 2.46 bits per heavy atom. The summed E-state index contributed by atoms with van der Waals surface area (Å²) in [5, 5.41) is 9.44. The molecule has 24 heavy (non-hydrogen) atoms. The van der Waals surface area contributed by atoms with Gasteiger partial charge in [0.1, 0.15) is 0 Å². The monoisotopic (exact) mass is 340 g/mol. The topological polar surface area (TPSA) is 70.0 Å². The number of rotatable bonds is 6. The highest BCUT2D eigenvalue weighted by atomic mass is 32.2. The average molecular weight is 340 g/mol. The van der Waals surface area contributed by atoms with Crippen LogP contribution in [0.2, 0.25) is 0 Å². The van der Waals surface area contributed by atoms with Crippen molar-refractivity contribution in [2.75, 3.05) is 0 Å². The van der Waals surface area contributed by atoms with Gasteiger partial charge in [0.25, 0.3) is 0 Å². The van der Waals surface area contributed by atoms with Crippen molar-refractivity contribution in [1.82, 2.24) is 4.72 Å². The summed E-state index contributed by atoms with van der Waals surface area (Å²) in [6.45, 7) is 2.14. The maximum atomic E-state index is 12.3. The van der Waals surface area contributed by atoms with Crippen LogP contribution in [0, 0.1) is 11.3 Å². The molecule has 0 spiro atoms. The van der Waals surface area contributed by atoms with E-state index in [-0.39, 0.29) is 10.9 Å². The lowest BCUT2D eigenvalue weighted by Gasteiger charge is -2.10. The Morgan fingerprint density at radius 1 is 1.17 bits per heavy atom. The van der Waals surface area contributed by atoms with Crippen molar-refractivity contribution < 1.29 is 8.42 Å². The van der Waals surface area contributed by atoms with Gasteiger partial charge in [-0.1, -0.05) is 43.7 Å². The Kier molecular flexibility index (Phi) is 4.70. The molecule has 3 rings (SSSR count). The number of hydrogen-bond donors (Lipinski definition) is 1. The zero-order chi connectivity index (χ0) is 17.2. The molecular formula is C19H20N2O2S. The summed E-state index contributed by atoms with van der Waals surface area (Å²) in [5.74, 6) is 0. The van der Waals surface area contributed by atoms with Gasteiger partial charge in [-0.15, -0.1) is 0 Å². The van der Waals surface area contributed by atoms with Crippen molar-refractivity contribution in [3.8, 4) is 17.2 Å². The summed E-state index contributed by atoms with van der Waals surface area (Å²) in [5.41, 5.74) is 3.31. The molecule has 0 bridgehead atoms. The van der Waals surface area contributed by atoms with Gasteiger partial charge >= 0.3 is 0 Å². The number of nitrogens with one attached hydrogen (secondary N) is 1. The van der Waals surface area contributed by atoms with E-state index >= 15 is 0 Å². The van der Waals surface area contributed by atoms with Crippen LogP contribution in [0.3, 0.4) is 0 Å². The number of sulfonamides is 1. The number of benzene rings is 2. The van der Waals surface area contributed by atoms with E-state index in [2.05, 4.69) is 29.8 Å². The first-order valence-electron chi connectivity index (χ1n) is 8.19. The number of aryl methyl sites for hydroxylation is 1. The highest BCUT2D eigenvalue weighted by Crippen LogP contribution is 2.28. The smallest absolute Gasteiger partial charge is 0.208 e. The van der Waals surface area contributed by atoms with Gasteiger partial charge in [0, 0.05) is 6.04 Å². The minimum Gasteiger partial charge on any atom is -0.208 e. The van der Waals surface area contributed by atoms with Crippen LogP contribution in [0.5, 0.6) is 0 Å². The van der Waals surface area contributed by atoms with E-state index < -0.39 is 10.0 Å². The molecule has 1 fully saturated rings. The third kappa shape index (κ3) is 3.66. The highest BCUT2D eigenvalue weighted by molar-refractivity contribution is 7.89. The Labute approximate surface area is 143 Å². The van der Waals surface area contributed by atoms with Gasteiger partial charge in [-0.05, 0) is 48.1 Å². The molecule has 0 atom stereocenters. The van der Waals surface area contributed by atoms with Crippen molar-refractivity contribution in [1.29, 1.82) is 5.26 Å². The fourth-order valence-corrected chi connectivity index (χ4v) is 3.99. The van der Waals surface area contributed by atoms with Crippen molar-refractivity contribution in [2.24, 2.45) is 0 Å². The molecule has 0 amide bonds. The fraction of sp³-hybridized carbons (Fsp3) is 0.316. The second-order valence-electron chi connectivity index (χ2n) is 6.16. The van der Waals surface area contributed by atoms with Gasteiger partial charge in [0.05, 0.1) is 16.5 Å². The molecule has 0 radical (unpaired) electrons. The molecule has 0 aliphatic heterocycles. The Bertz CT molecular complexity index is 877. The molecule has 0 aromatic heterocycles. The summed E-state index contributed by atoms with van der Waals surface area (Å²) in [4.78, 5) is 0.150. The lowest BCUT2D eigenvalue weighted by atomic mass is 9.98. The first-order valence-corrected chi connectivity index (χ1v) is 9.67. The van der Waals surface area contributed by atoms with Gasteiger partial charge < -0.3 is 0 Å². The van der Waals surface area contributed by atoms with Crippen molar-refractivity contribution in [2.45, 2.75) is 43.5 Å². The van der Waals surface area contributed by atoms with Crippen LogP contribution in [0.25, 0.3) is 11.1 Å². The maximum absolute atomic E-state index is 12.3. The second kappa shape index (κ2) is 6.76. The molecule has 1 N–H and O–H groups in total. The molecular weight excluding hydrogens is 320 g/mol. The van der Waals surface area contributed by atoms with E-state index in [9.17, 15) is 13.7 Å². The highest BCUT2D eigenvalue weighted by Gasteiger charge is 2.28. The molecule has 0 saturated heterocycles. The van der Waals surface area contributed by atoms with Crippen molar-refractivity contribution in [3.63, 3.8) is 0 Å². The fourth-order valence-electron chi connectivity index (χ4n) is 2.66. The predicted molar refractivity (Wildman–Crippen MR) is 93.9 cm³/mol. The lowest BCUT2D eigenvalue weighted by molar-refractivity contribution is 0.581. The first-order chi connectivity index (χ1) is 11.5. The Hall–Kier alpha value is -2.16. The van der Waals surface area contributed by atoms with Gasteiger partial charge in [0.15, 0.2) is 0 Å². The zero-order valence-electron chi connectivity index (χ0n) is 13.6. The summed E-state index contributed by atoms with van der Waals surface area (Å²) in [6.07, 6.45) is 3.87. The second-order valence-corrected chi connectivity index (χ2v) is 7.88. The standard InChI is InChI=1S/C19H20N2O2S/c1-2-3-14-4-6-15(7-5-14)19-11-10-18(12-16(19)13-20)24(22,23)21-17-8-9-17/h4-7,10-12,17,21H,2-3,8-9H2,1H3. The molecule has 1 aliphatic carbocycles. The summed E-state index contributed by atoms with van der Waals surface area (Å²) >= 11 is 0. The minimum atomic E-state index is -3.54. The van der Waals surface area contributed by atoms with Crippen LogP contribution in [0.4, 0.5) is 0 Å². The number of nitrogens with zero attached hydrogens (tertiary/aromatic N) is 1. The van der Waals surface area contributed by atoms with Gasteiger partial charge in [-0.2, -0.15) is 5.26 Å². The number of hydrogen-bond acceptors (Lipinski definition) is 3. The predicted octanol–water partition coefficient (Wildman–Crippen LogP) is 3.62. The zero-order valence-corrected chi connectivity index (χ0v) is 14.4. The van der Waals surface area contributed by atoms with E-state index in [4.69, 9.17) is 0 Å². The van der Waals surface area contributed by atoms with E-state index in [1.165, 1.54) is 11.6 Å². The van der Waals surface area contributed by atoms with Crippen molar-refractivity contribution in [3.05, 3.63) is 53.6 Å². The summed E-state index contributed by atoms with van der Waals surface area (Å²) in [6, 6.07) is 15.0. The molecule has 4 nitrogen and oxygen atoms in total. The molecule has 2 aromatic rings. The van der Waals surface area contributed by atoms with E-state index in [1.807, 2.05) is 12.1 Å². The molecule has 0 unspecified atom stereocenters. The quantitative estimate of drug-likeness (QED) is 0.873. The molecule has 5 heteroatoms. The normalized spacial score (nSPS) is 14.3. The Morgan fingerprint density at radius 2 is 1.88 bits per heavy atom. The van der Waals surface area contributed by atoms with Crippen LogP contribution >= 0.6 is 0 Å². The van der Waals surface area contributed by atoms with Gasteiger partial charge in [-0.3, -0.25) is 0 Å². The van der Waals surface area contributed by atoms with Crippen LogP contribution in [-0.4, -0.2) is 14.5 Å². The van der Waals surface area contributed by atoms with Crippen molar-refractivity contribution >= 4 is 10.0 Å². The van der Waals surface area contributed by atoms with Gasteiger partial charge in [0.2, 0.25) is 10.0 Å². The SMILES string of the molecule is CCCc1ccc(-c2ccc(S(=O)(=O)NC3CC3)cc2C#N)cc1. The third-order valence-corrected chi connectivity index (χ3v) is 5.64. The largest absolute Gasteiger partial charge is 0.240 e.